The summed E-state index contributed by atoms with van der Waals surface area (Å²) in [6.45, 7) is 2.41. The number of benzene rings is 1. The van der Waals surface area contributed by atoms with Crippen LogP contribution >= 0.6 is 10.7 Å². The fourth-order valence-corrected chi connectivity index (χ4v) is 4.65. The number of anilines is 2. The molecule has 2 aliphatic heterocycles. The maximum absolute atomic E-state index is 12.3. The maximum atomic E-state index is 12.3. The Kier molecular flexibility index (Phi) is 4.32. The summed E-state index contributed by atoms with van der Waals surface area (Å²) in [5.74, 6) is -0.415. The van der Waals surface area contributed by atoms with Gasteiger partial charge in [0, 0.05) is 42.7 Å². The van der Waals surface area contributed by atoms with Crippen LogP contribution in [0.4, 0.5) is 11.4 Å². The zero-order valence-corrected chi connectivity index (χ0v) is 13.8. The van der Waals surface area contributed by atoms with Crippen molar-refractivity contribution in [2.45, 2.75) is 19.3 Å². The summed E-state index contributed by atoms with van der Waals surface area (Å²) in [6.07, 6.45) is 2.56. The van der Waals surface area contributed by atoms with E-state index in [-0.39, 0.29) is 24.0 Å². The lowest BCUT2D eigenvalue weighted by Gasteiger charge is -2.26. The molecule has 2 fully saturated rings. The summed E-state index contributed by atoms with van der Waals surface area (Å²) >= 11 is 0. The lowest BCUT2D eigenvalue weighted by atomic mass is 10.1. The summed E-state index contributed by atoms with van der Waals surface area (Å²) < 4.78 is 22.5. The van der Waals surface area contributed by atoms with E-state index in [1.807, 2.05) is 24.3 Å². The van der Waals surface area contributed by atoms with Crippen LogP contribution in [0.3, 0.4) is 0 Å². The molecule has 2 heterocycles. The fraction of sp³-hybridized carbons (Fsp3) is 0.533. The molecule has 120 valence electrons. The van der Waals surface area contributed by atoms with E-state index >= 15 is 0 Å². The van der Waals surface area contributed by atoms with Gasteiger partial charge in [0.05, 0.1) is 17.1 Å². The summed E-state index contributed by atoms with van der Waals surface area (Å²) in [5, 5.41) is 0. The minimum absolute atomic E-state index is 0.0306. The lowest BCUT2D eigenvalue weighted by molar-refractivity contribution is -0.117. The quantitative estimate of drug-likeness (QED) is 0.787. The largest absolute Gasteiger partial charge is 0.370 e. The van der Waals surface area contributed by atoms with Gasteiger partial charge in [0.25, 0.3) is 0 Å². The topological polar surface area (TPSA) is 57.7 Å². The average Bonchev–Trinajstić information content (AvgIpc) is 3.07. The molecule has 0 bridgehead atoms. The maximum Gasteiger partial charge on any atom is 0.232 e. The predicted molar refractivity (Wildman–Crippen MR) is 88.0 cm³/mol. The molecule has 1 unspecified atom stereocenters. The molecular formula is C15H19ClN2O3S. The second kappa shape index (κ2) is 6.08. The number of carbonyl (C=O) groups excluding carboxylic acids is 1. The number of amides is 1. The highest BCUT2D eigenvalue weighted by atomic mass is 35.7. The molecule has 3 rings (SSSR count). The van der Waals surface area contributed by atoms with Gasteiger partial charge in [-0.3, -0.25) is 4.79 Å². The molecule has 0 radical (unpaired) electrons. The van der Waals surface area contributed by atoms with Crippen LogP contribution in [0.15, 0.2) is 24.3 Å². The molecule has 22 heavy (non-hydrogen) atoms. The number of carbonyl (C=O) groups is 1. The Balaban J connectivity index is 1.84. The number of para-hydroxylation sites is 2. The SMILES string of the molecule is O=C1CC(CS(=O)(=O)Cl)CN1c1ccccc1N1CCCC1. The minimum atomic E-state index is -3.58. The van der Waals surface area contributed by atoms with Gasteiger partial charge in [0.1, 0.15) is 0 Å². The summed E-state index contributed by atoms with van der Waals surface area (Å²) in [4.78, 5) is 16.3. The number of hydrogen-bond acceptors (Lipinski definition) is 4. The first-order valence-electron chi connectivity index (χ1n) is 7.51. The Morgan fingerprint density at radius 1 is 1.14 bits per heavy atom. The molecule has 0 saturated carbocycles. The Morgan fingerprint density at radius 3 is 2.41 bits per heavy atom. The van der Waals surface area contributed by atoms with Gasteiger partial charge < -0.3 is 9.80 Å². The van der Waals surface area contributed by atoms with Gasteiger partial charge in [-0.15, -0.1) is 0 Å². The normalized spacial score (nSPS) is 22.6. The predicted octanol–water partition coefficient (Wildman–Crippen LogP) is 2.21. The second-order valence-corrected chi connectivity index (χ2v) is 8.78. The summed E-state index contributed by atoms with van der Waals surface area (Å²) in [7, 11) is 1.74. The standard InChI is InChI=1S/C15H19ClN2O3S/c16-22(20,21)11-12-9-15(19)18(10-12)14-6-2-1-5-13(14)17-7-3-4-8-17/h1-2,5-6,12H,3-4,7-11H2. The molecule has 1 aromatic carbocycles. The third-order valence-electron chi connectivity index (χ3n) is 4.26. The highest BCUT2D eigenvalue weighted by Crippen LogP contribution is 2.35. The van der Waals surface area contributed by atoms with Crippen molar-refractivity contribution in [3.8, 4) is 0 Å². The first-order chi connectivity index (χ1) is 10.4. The summed E-state index contributed by atoms with van der Waals surface area (Å²) in [5.41, 5.74) is 1.94. The van der Waals surface area contributed by atoms with Crippen molar-refractivity contribution in [3.63, 3.8) is 0 Å². The van der Waals surface area contributed by atoms with Crippen LogP contribution < -0.4 is 9.80 Å². The van der Waals surface area contributed by atoms with Gasteiger partial charge in [-0.2, -0.15) is 0 Å². The Bertz CT molecular complexity index is 671. The molecule has 0 aliphatic carbocycles. The zero-order chi connectivity index (χ0) is 15.7. The Morgan fingerprint density at radius 2 is 1.77 bits per heavy atom. The molecule has 2 aliphatic rings. The van der Waals surface area contributed by atoms with Crippen molar-refractivity contribution in [3.05, 3.63) is 24.3 Å². The molecular weight excluding hydrogens is 324 g/mol. The molecule has 2 saturated heterocycles. The number of hydrogen-bond donors (Lipinski definition) is 0. The van der Waals surface area contributed by atoms with Crippen LogP contribution in [-0.2, 0) is 13.8 Å². The van der Waals surface area contributed by atoms with Crippen LogP contribution in [0.1, 0.15) is 19.3 Å². The Labute approximate surface area is 135 Å². The van der Waals surface area contributed by atoms with Crippen molar-refractivity contribution < 1.29 is 13.2 Å². The lowest BCUT2D eigenvalue weighted by Crippen LogP contribution is -2.28. The zero-order valence-electron chi connectivity index (χ0n) is 12.2. The number of halogens is 1. The number of nitrogens with zero attached hydrogens (tertiary/aromatic N) is 2. The van der Waals surface area contributed by atoms with E-state index in [1.165, 1.54) is 0 Å². The monoisotopic (exact) mass is 342 g/mol. The van der Waals surface area contributed by atoms with Crippen LogP contribution in [0.5, 0.6) is 0 Å². The smallest absolute Gasteiger partial charge is 0.232 e. The van der Waals surface area contributed by atoms with Crippen LogP contribution in [-0.4, -0.2) is 39.7 Å². The number of rotatable bonds is 4. The van der Waals surface area contributed by atoms with Crippen molar-refractivity contribution in [1.82, 2.24) is 0 Å². The van der Waals surface area contributed by atoms with E-state index in [1.54, 1.807) is 4.90 Å². The highest BCUT2D eigenvalue weighted by Gasteiger charge is 2.34. The molecule has 1 atom stereocenters. The van der Waals surface area contributed by atoms with E-state index < -0.39 is 9.05 Å². The first-order valence-corrected chi connectivity index (χ1v) is 9.98. The van der Waals surface area contributed by atoms with Gasteiger partial charge in [-0.1, -0.05) is 12.1 Å². The van der Waals surface area contributed by atoms with E-state index in [2.05, 4.69) is 4.90 Å². The van der Waals surface area contributed by atoms with E-state index in [4.69, 9.17) is 10.7 Å². The third kappa shape index (κ3) is 3.38. The van der Waals surface area contributed by atoms with Crippen LogP contribution in [0.25, 0.3) is 0 Å². The first kappa shape index (κ1) is 15.6. The third-order valence-corrected chi connectivity index (χ3v) is 5.51. The second-order valence-electron chi connectivity index (χ2n) is 5.96. The van der Waals surface area contributed by atoms with Crippen LogP contribution in [0.2, 0.25) is 0 Å². The van der Waals surface area contributed by atoms with E-state index in [0.717, 1.165) is 37.3 Å². The van der Waals surface area contributed by atoms with Crippen LogP contribution in [0, 0.1) is 5.92 Å². The van der Waals surface area contributed by atoms with E-state index in [0.29, 0.717) is 6.54 Å². The van der Waals surface area contributed by atoms with Crippen molar-refractivity contribution in [2.75, 3.05) is 35.2 Å². The molecule has 0 spiro atoms. The van der Waals surface area contributed by atoms with Crippen molar-refractivity contribution in [2.24, 2.45) is 5.92 Å². The van der Waals surface area contributed by atoms with Gasteiger partial charge in [0.15, 0.2) is 0 Å². The fourth-order valence-electron chi connectivity index (χ4n) is 3.33. The van der Waals surface area contributed by atoms with E-state index in [9.17, 15) is 13.2 Å². The highest BCUT2D eigenvalue weighted by molar-refractivity contribution is 8.13. The summed E-state index contributed by atoms with van der Waals surface area (Å²) in [6, 6.07) is 7.84. The molecule has 0 aromatic heterocycles. The minimum Gasteiger partial charge on any atom is -0.370 e. The van der Waals surface area contributed by atoms with Gasteiger partial charge >= 0.3 is 0 Å². The average molecular weight is 343 g/mol. The van der Waals surface area contributed by atoms with Gasteiger partial charge in [-0.25, -0.2) is 8.42 Å². The van der Waals surface area contributed by atoms with Gasteiger partial charge in [-0.05, 0) is 25.0 Å². The molecule has 7 heteroatoms. The molecule has 1 aromatic rings. The van der Waals surface area contributed by atoms with Gasteiger partial charge in [0.2, 0.25) is 15.0 Å². The van der Waals surface area contributed by atoms with Crippen molar-refractivity contribution in [1.29, 1.82) is 0 Å². The van der Waals surface area contributed by atoms with Crippen molar-refractivity contribution >= 4 is 37.0 Å². The molecule has 0 N–H and O–H groups in total. The Hall–Kier alpha value is -1.27. The molecule has 5 nitrogen and oxygen atoms in total. The molecule has 1 amide bonds.